The average molecular weight is 408 g/mol. The lowest BCUT2D eigenvalue weighted by Gasteiger charge is -2.34. The molecule has 1 fully saturated rings. The first-order valence-electron chi connectivity index (χ1n) is 8.74. The number of ether oxygens (including phenoxy) is 1. The van der Waals surface area contributed by atoms with E-state index in [-0.39, 0.29) is 24.0 Å². The zero-order valence-electron chi connectivity index (χ0n) is 15.0. The number of carbonyl (C=O) groups excluding carboxylic acids is 1. The van der Waals surface area contributed by atoms with Crippen molar-refractivity contribution in [3.8, 4) is 5.75 Å². The predicted molar refractivity (Wildman–Crippen MR) is 102 cm³/mol. The third kappa shape index (κ3) is 4.96. The van der Waals surface area contributed by atoms with Crippen molar-refractivity contribution in [1.82, 2.24) is 9.80 Å². The van der Waals surface area contributed by atoms with Crippen molar-refractivity contribution in [2.24, 2.45) is 0 Å². The summed E-state index contributed by atoms with van der Waals surface area (Å²) in [4.78, 5) is 26.2. The lowest BCUT2D eigenvalue weighted by Crippen LogP contribution is -2.49. The summed E-state index contributed by atoms with van der Waals surface area (Å²) >= 11 is 6.07. The van der Waals surface area contributed by atoms with Gasteiger partial charge in [0.2, 0.25) is 0 Å². The Morgan fingerprint density at radius 2 is 1.82 bits per heavy atom. The molecule has 2 aromatic rings. The van der Waals surface area contributed by atoms with Gasteiger partial charge in [0.15, 0.2) is 6.61 Å². The zero-order valence-corrected chi connectivity index (χ0v) is 15.8. The van der Waals surface area contributed by atoms with E-state index in [1.165, 1.54) is 30.3 Å². The molecule has 1 saturated heterocycles. The van der Waals surface area contributed by atoms with Crippen LogP contribution in [-0.2, 0) is 11.3 Å². The second kappa shape index (κ2) is 8.99. The highest BCUT2D eigenvalue weighted by Crippen LogP contribution is 2.21. The fraction of sp³-hybridized carbons (Fsp3) is 0.316. The van der Waals surface area contributed by atoms with Gasteiger partial charge in [0.25, 0.3) is 11.6 Å². The SMILES string of the molecule is O=C(COc1ccc([N+](=O)[O-])cc1)N1CCN(Cc2c(F)cccc2Cl)CC1. The van der Waals surface area contributed by atoms with E-state index in [1.807, 2.05) is 4.90 Å². The Morgan fingerprint density at radius 3 is 2.43 bits per heavy atom. The van der Waals surface area contributed by atoms with E-state index in [1.54, 1.807) is 17.0 Å². The largest absolute Gasteiger partial charge is 0.484 e. The van der Waals surface area contributed by atoms with Crippen LogP contribution in [0.4, 0.5) is 10.1 Å². The van der Waals surface area contributed by atoms with Crippen LogP contribution in [0.5, 0.6) is 5.75 Å². The van der Waals surface area contributed by atoms with Gasteiger partial charge in [-0.05, 0) is 24.3 Å². The van der Waals surface area contributed by atoms with Gasteiger partial charge in [-0.2, -0.15) is 0 Å². The van der Waals surface area contributed by atoms with Gasteiger partial charge >= 0.3 is 0 Å². The van der Waals surface area contributed by atoms with E-state index in [2.05, 4.69) is 0 Å². The number of hydrogen-bond donors (Lipinski definition) is 0. The van der Waals surface area contributed by atoms with Crippen LogP contribution in [0.15, 0.2) is 42.5 Å². The van der Waals surface area contributed by atoms with E-state index in [9.17, 15) is 19.3 Å². The topological polar surface area (TPSA) is 75.9 Å². The number of carbonyl (C=O) groups is 1. The van der Waals surface area contributed by atoms with Crippen molar-refractivity contribution >= 4 is 23.2 Å². The fourth-order valence-electron chi connectivity index (χ4n) is 2.96. The summed E-state index contributed by atoms with van der Waals surface area (Å²) in [6, 6.07) is 10.2. The van der Waals surface area contributed by atoms with Gasteiger partial charge in [-0.3, -0.25) is 19.8 Å². The highest BCUT2D eigenvalue weighted by molar-refractivity contribution is 6.31. The number of nitrogens with zero attached hydrogens (tertiary/aromatic N) is 3. The van der Waals surface area contributed by atoms with Crippen LogP contribution in [0.3, 0.4) is 0 Å². The number of rotatable bonds is 6. The first-order valence-corrected chi connectivity index (χ1v) is 9.12. The summed E-state index contributed by atoms with van der Waals surface area (Å²) in [6.07, 6.45) is 0. The summed E-state index contributed by atoms with van der Waals surface area (Å²) in [5.74, 6) is -0.101. The van der Waals surface area contributed by atoms with Crippen LogP contribution in [-0.4, -0.2) is 53.4 Å². The maximum atomic E-state index is 13.9. The smallest absolute Gasteiger partial charge is 0.269 e. The molecule has 1 aliphatic heterocycles. The molecule has 7 nitrogen and oxygen atoms in total. The van der Waals surface area contributed by atoms with Gasteiger partial charge in [0, 0.05) is 55.4 Å². The Bertz CT molecular complexity index is 835. The predicted octanol–water partition coefficient (Wildman–Crippen LogP) is 3.11. The summed E-state index contributed by atoms with van der Waals surface area (Å²) in [7, 11) is 0. The highest BCUT2D eigenvalue weighted by Gasteiger charge is 2.22. The van der Waals surface area contributed by atoms with Crippen molar-refractivity contribution in [1.29, 1.82) is 0 Å². The molecule has 0 atom stereocenters. The average Bonchev–Trinajstić information content (AvgIpc) is 2.70. The Kier molecular flexibility index (Phi) is 6.43. The molecule has 1 amide bonds. The van der Waals surface area contributed by atoms with Gasteiger partial charge in [-0.1, -0.05) is 17.7 Å². The van der Waals surface area contributed by atoms with Gasteiger partial charge in [0.05, 0.1) is 4.92 Å². The van der Waals surface area contributed by atoms with Crippen molar-refractivity contribution in [3.05, 3.63) is 69.0 Å². The second-order valence-electron chi connectivity index (χ2n) is 6.40. The van der Waals surface area contributed by atoms with Crippen LogP contribution >= 0.6 is 11.6 Å². The van der Waals surface area contributed by atoms with Gasteiger partial charge in [-0.25, -0.2) is 4.39 Å². The Hall–Kier alpha value is -2.71. The lowest BCUT2D eigenvalue weighted by molar-refractivity contribution is -0.384. The summed E-state index contributed by atoms with van der Waals surface area (Å²) in [6.45, 7) is 2.48. The van der Waals surface area contributed by atoms with E-state index in [4.69, 9.17) is 16.3 Å². The third-order valence-corrected chi connectivity index (χ3v) is 4.93. The Morgan fingerprint density at radius 1 is 1.14 bits per heavy atom. The zero-order chi connectivity index (χ0) is 20.1. The standard InChI is InChI=1S/C19H19ClFN3O4/c20-17-2-1-3-18(21)16(17)12-22-8-10-23(11-9-22)19(25)13-28-15-6-4-14(5-7-15)24(26)27/h1-7H,8-13H2. The maximum absolute atomic E-state index is 13.9. The molecule has 0 spiro atoms. The quantitative estimate of drug-likeness (QED) is 0.543. The van der Waals surface area contributed by atoms with E-state index < -0.39 is 4.92 Å². The van der Waals surface area contributed by atoms with Gasteiger partial charge in [0.1, 0.15) is 11.6 Å². The first-order chi connectivity index (χ1) is 13.4. The summed E-state index contributed by atoms with van der Waals surface area (Å²) < 4.78 is 19.3. The number of amides is 1. The van der Waals surface area contributed by atoms with Gasteiger partial charge in [-0.15, -0.1) is 0 Å². The third-order valence-electron chi connectivity index (χ3n) is 4.58. The minimum atomic E-state index is -0.497. The molecule has 0 aromatic heterocycles. The maximum Gasteiger partial charge on any atom is 0.269 e. The molecule has 3 rings (SSSR count). The van der Waals surface area contributed by atoms with Crippen LogP contribution in [0.25, 0.3) is 0 Å². The van der Waals surface area contributed by atoms with Crippen molar-refractivity contribution in [2.45, 2.75) is 6.54 Å². The van der Waals surface area contributed by atoms with Crippen molar-refractivity contribution in [3.63, 3.8) is 0 Å². The number of piperazine rings is 1. The molecule has 0 unspecified atom stereocenters. The molecule has 1 heterocycles. The van der Waals surface area contributed by atoms with Crippen LogP contribution in [0.1, 0.15) is 5.56 Å². The van der Waals surface area contributed by atoms with Crippen LogP contribution < -0.4 is 4.74 Å². The molecule has 0 radical (unpaired) electrons. The molecule has 0 N–H and O–H groups in total. The van der Waals surface area contributed by atoms with E-state index in [0.29, 0.717) is 49.1 Å². The molecule has 1 aliphatic rings. The molecular weight excluding hydrogens is 389 g/mol. The second-order valence-corrected chi connectivity index (χ2v) is 6.80. The fourth-order valence-corrected chi connectivity index (χ4v) is 3.19. The van der Waals surface area contributed by atoms with Crippen LogP contribution in [0, 0.1) is 15.9 Å². The number of benzene rings is 2. The van der Waals surface area contributed by atoms with E-state index in [0.717, 1.165) is 0 Å². The number of nitro groups is 1. The lowest BCUT2D eigenvalue weighted by atomic mass is 10.2. The van der Waals surface area contributed by atoms with Crippen molar-refractivity contribution in [2.75, 3.05) is 32.8 Å². The van der Waals surface area contributed by atoms with Gasteiger partial charge < -0.3 is 9.64 Å². The Balaban J connectivity index is 1.46. The molecule has 148 valence electrons. The minimum Gasteiger partial charge on any atom is -0.484 e. The Labute approximate surface area is 166 Å². The molecular formula is C19H19ClFN3O4. The number of halogens is 2. The van der Waals surface area contributed by atoms with Crippen LogP contribution in [0.2, 0.25) is 5.02 Å². The van der Waals surface area contributed by atoms with Crippen molar-refractivity contribution < 1.29 is 18.8 Å². The van der Waals surface area contributed by atoms with E-state index >= 15 is 0 Å². The highest BCUT2D eigenvalue weighted by atomic mass is 35.5. The molecule has 0 saturated carbocycles. The number of hydrogen-bond acceptors (Lipinski definition) is 5. The molecule has 28 heavy (non-hydrogen) atoms. The first kappa shape index (κ1) is 20.0. The molecule has 9 heteroatoms. The normalized spacial score (nSPS) is 14.7. The summed E-state index contributed by atoms with van der Waals surface area (Å²) in [5, 5.41) is 11.0. The molecule has 0 aliphatic carbocycles. The molecule has 2 aromatic carbocycles. The summed E-state index contributed by atoms with van der Waals surface area (Å²) in [5.41, 5.74) is 0.426. The monoisotopic (exact) mass is 407 g/mol. The minimum absolute atomic E-state index is 0.0373. The number of non-ortho nitro benzene ring substituents is 1. The number of nitro benzene ring substituents is 1. The molecule has 0 bridgehead atoms.